The van der Waals surface area contributed by atoms with E-state index in [2.05, 4.69) is 5.32 Å². The molecule has 3 rings (SSSR count). The molecule has 0 heterocycles. The summed E-state index contributed by atoms with van der Waals surface area (Å²) in [5, 5.41) is 24.6. The van der Waals surface area contributed by atoms with Crippen molar-refractivity contribution in [2.45, 2.75) is 6.61 Å². The summed E-state index contributed by atoms with van der Waals surface area (Å²) in [5.41, 5.74) is -0.0229. The molecule has 3 aromatic carbocycles. The van der Waals surface area contributed by atoms with Gasteiger partial charge in [0.2, 0.25) is 0 Å². The number of para-hydroxylation sites is 2. The predicted molar refractivity (Wildman–Crippen MR) is 105 cm³/mol. The molecule has 0 aliphatic heterocycles. The Morgan fingerprint density at radius 3 is 2.07 bits per heavy atom. The largest absolute Gasteiger partial charge is 0.487 e. The quantitative estimate of drug-likeness (QED) is 0.470. The number of anilines is 1. The lowest BCUT2D eigenvalue weighted by Crippen LogP contribution is -2.13. The van der Waals surface area contributed by atoms with Gasteiger partial charge in [-0.1, -0.05) is 42.5 Å². The smallest absolute Gasteiger partial charge is 0.277 e. The van der Waals surface area contributed by atoms with Crippen molar-refractivity contribution >= 4 is 23.0 Å². The number of nitrogens with zero attached hydrogens (tertiary/aromatic N) is 2. The highest BCUT2D eigenvalue weighted by Crippen LogP contribution is 2.27. The maximum Gasteiger partial charge on any atom is 0.277 e. The average molecular weight is 393 g/mol. The number of benzene rings is 3. The maximum absolute atomic E-state index is 12.6. The van der Waals surface area contributed by atoms with Crippen LogP contribution in [0.25, 0.3) is 0 Å². The topological polar surface area (TPSA) is 125 Å². The van der Waals surface area contributed by atoms with E-state index in [0.717, 1.165) is 23.8 Å². The van der Waals surface area contributed by atoms with Gasteiger partial charge in [0, 0.05) is 12.1 Å². The number of hydrogen-bond acceptors (Lipinski definition) is 6. The van der Waals surface area contributed by atoms with E-state index in [4.69, 9.17) is 4.74 Å². The normalized spacial score (nSPS) is 10.2. The van der Waals surface area contributed by atoms with Crippen LogP contribution in [0.2, 0.25) is 0 Å². The molecule has 0 atom stereocenters. The number of nitro groups is 2. The molecule has 0 spiro atoms. The minimum absolute atomic E-state index is 0.205. The van der Waals surface area contributed by atoms with E-state index in [9.17, 15) is 25.0 Å². The minimum Gasteiger partial charge on any atom is -0.487 e. The monoisotopic (exact) mass is 393 g/mol. The maximum atomic E-state index is 12.6. The Hall–Kier alpha value is -4.27. The van der Waals surface area contributed by atoms with Crippen LogP contribution in [-0.2, 0) is 6.61 Å². The van der Waals surface area contributed by atoms with E-state index in [1.54, 1.807) is 24.3 Å². The number of carbonyl (C=O) groups excluding carboxylic acids is 1. The van der Waals surface area contributed by atoms with Crippen LogP contribution in [0.4, 0.5) is 17.1 Å². The summed E-state index contributed by atoms with van der Waals surface area (Å²) >= 11 is 0. The Morgan fingerprint density at radius 1 is 0.862 bits per heavy atom. The van der Waals surface area contributed by atoms with Crippen LogP contribution in [-0.4, -0.2) is 15.8 Å². The molecule has 1 amide bonds. The highest BCUT2D eigenvalue weighted by molar-refractivity contribution is 6.05. The van der Waals surface area contributed by atoms with Crippen LogP contribution >= 0.6 is 0 Å². The lowest BCUT2D eigenvalue weighted by molar-refractivity contribution is -0.394. The summed E-state index contributed by atoms with van der Waals surface area (Å²) in [6, 6.07) is 18.9. The van der Waals surface area contributed by atoms with Crippen LogP contribution < -0.4 is 10.1 Å². The van der Waals surface area contributed by atoms with Crippen molar-refractivity contribution in [1.82, 2.24) is 0 Å². The third kappa shape index (κ3) is 4.92. The number of nitro benzene ring substituents is 2. The number of nitrogens with one attached hydrogen (secondary N) is 1. The van der Waals surface area contributed by atoms with Crippen LogP contribution in [0.15, 0.2) is 72.8 Å². The Bertz CT molecular complexity index is 1040. The van der Waals surface area contributed by atoms with E-state index in [-0.39, 0.29) is 12.2 Å². The SMILES string of the molecule is O=C(Nc1ccccc1OCc1ccccc1)c1cc([N+](=O)[O-])cc([N+](=O)[O-])c1. The Morgan fingerprint density at radius 2 is 1.45 bits per heavy atom. The van der Waals surface area contributed by atoms with E-state index < -0.39 is 27.1 Å². The predicted octanol–water partition coefficient (Wildman–Crippen LogP) is 4.33. The third-order valence-corrected chi connectivity index (χ3v) is 3.96. The lowest BCUT2D eigenvalue weighted by atomic mass is 10.1. The molecule has 0 aliphatic carbocycles. The second-order valence-electron chi connectivity index (χ2n) is 5.98. The number of ether oxygens (including phenoxy) is 1. The molecule has 146 valence electrons. The summed E-state index contributed by atoms with van der Waals surface area (Å²) in [5.74, 6) is -0.336. The molecule has 0 saturated carbocycles. The van der Waals surface area contributed by atoms with Gasteiger partial charge in [0.05, 0.1) is 27.2 Å². The summed E-state index contributed by atoms with van der Waals surface area (Å²) in [7, 11) is 0. The second-order valence-corrected chi connectivity index (χ2v) is 5.98. The van der Waals surface area contributed by atoms with Crippen molar-refractivity contribution in [2.75, 3.05) is 5.32 Å². The second kappa shape index (κ2) is 8.61. The Kier molecular flexibility index (Phi) is 5.79. The van der Waals surface area contributed by atoms with Crippen molar-refractivity contribution in [1.29, 1.82) is 0 Å². The first-order chi connectivity index (χ1) is 13.9. The number of amides is 1. The molecule has 0 bridgehead atoms. The molecule has 29 heavy (non-hydrogen) atoms. The molecule has 3 aromatic rings. The third-order valence-electron chi connectivity index (χ3n) is 3.96. The molecule has 0 aromatic heterocycles. The van der Waals surface area contributed by atoms with Gasteiger partial charge in [0.15, 0.2) is 0 Å². The molecule has 0 radical (unpaired) electrons. The van der Waals surface area contributed by atoms with Crippen molar-refractivity contribution in [3.63, 3.8) is 0 Å². The zero-order valence-corrected chi connectivity index (χ0v) is 15.0. The van der Waals surface area contributed by atoms with Gasteiger partial charge in [0.1, 0.15) is 12.4 Å². The number of non-ortho nitro benzene ring substituents is 2. The van der Waals surface area contributed by atoms with Gasteiger partial charge in [-0.05, 0) is 17.7 Å². The van der Waals surface area contributed by atoms with Gasteiger partial charge in [-0.2, -0.15) is 0 Å². The van der Waals surface area contributed by atoms with Gasteiger partial charge in [0.25, 0.3) is 17.3 Å². The Balaban J connectivity index is 1.82. The molecule has 9 heteroatoms. The first-order valence-corrected chi connectivity index (χ1v) is 8.45. The number of hydrogen-bond donors (Lipinski definition) is 1. The lowest BCUT2D eigenvalue weighted by Gasteiger charge is -2.12. The van der Waals surface area contributed by atoms with Crippen LogP contribution in [0.5, 0.6) is 5.75 Å². The molecule has 0 fully saturated rings. The van der Waals surface area contributed by atoms with Crippen molar-refractivity contribution in [2.24, 2.45) is 0 Å². The fraction of sp³-hybridized carbons (Fsp3) is 0.0500. The van der Waals surface area contributed by atoms with Gasteiger partial charge >= 0.3 is 0 Å². The summed E-state index contributed by atoms with van der Waals surface area (Å²) in [4.78, 5) is 33.0. The number of rotatable bonds is 7. The zero-order valence-electron chi connectivity index (χ0n) is 15.0. The van der Waals surface area contributed by atoms with Gasteiger partial charge < -0.3 is 10.1 Å². The van der Waals surface area contributed by atoms with Crippen LogP contribution in [0.1, 0.15) is 15.9 Å². The summed E-state index contributed by atoms with van der Waals surface area (Å²) < 4.78 is 5.75. The van der Waals surface area contributed by atoms with E-state index in [1.165, 1.54) is 0 Å². The molecule has 0 saturated heterocycles. The molecular weight excluding hydrogens is 378 g/mol. The van der Waals surface area contributed by atoms with E-state index >= 15 is 0 Å². The van der Waals surface area contributed by atoms with Crippen LogP contribution in [0.3, 0.4) is 0 Å². The first kappa shape index (κ1) is 19.5. The highest BCUT2D eigenvalue weighted by atomic mass is 16.6. The minimum atomic E-state index is -0.791. The fourth-order valence-corrected chi connectivity index (χ4v) is 2.56. The van der Waals surface area contributed by atoms with Gasteiger partial charge in [-0.25, -0.2) is 0 Å². The Labute approximate surface area is 164 Å². The molecule has 9 nitrogen and oxygen atoms in total. The van der Waals surface area contributed by atoms with Gasteiger partial charge in [-0.15, -0.1) is 0 Å². The van der Waals surface area contributed by atoms with Crippen molar-refractivity contribution in [3.05, 3.63) is 104 Å². The summed E-state index contributed by atoms with van der Waals surface area (Å²) in [6.45, 7) is 0.274. The fourth-order valence-electron chi connectivity index (χ4n) is 2.56. The molecule has 0 aliphatic rings. The molecule has 1 N–H and O–H groups in total. The standard InChI is InChI=1S/C20H15N3O6/c24-20(15-10-16(22(25)26)12-17(11-15)23(27)28)21-18-8-4-5-9-19(18)29-13-14-6-2-1-3-7-14/h1-12H,13H2,(H,21,24). The van der Waals surface area contributed by atoms with Gasteiger partial charge in [-0.3, -0.25) is 25.0 Å². The number of carbonyl (C=O) groups is 1. The average Bonchev–Trinajstić information content (AvgIpc) is 2.73. The van der Waals surface area contributed by atoms with Crippen molar-refractivity contribution < 1.29 is 19.4 Å². The molecule has 0 unspecified atom stereocenters. The molecular formula is C20H15N3O6. The first-order valence-electron chi connectivity index (χ1n) is 8.45. The van der Waals surface area contributed by atoms with E-state index in [0.29, 0.717) is 11.4 Å². The van der Waals surface area contributed by atoms with Crippen molar-refractivity contribution in [3.8, 4) is 5.75 Å². The zero-order chi connectivity index (χ0) is 20.8. The van der Waals surface area contributed by atoms with Crippen LogP contribution in [0, 0.1) is 20.2 Å². The summed E-state index contributed by atoms with van der Waals surface area (Å²) in [6.07, 6.45) is 0. The van der Waals surface area contributed by atoms with E-state index in [1.807, 2.05) is 30.3 Å². The highest BCUT2D eigenvalue weighted by Gasteiger charge is 2.20.